The maximum absolute atomic E-state index is 13.1. The molecule has 0 fully saturated rings. The third kappa shape index (κ3) is 4.46. The molecule has 0 saturated carbocycles. The number of fused-ring (bicyclic) bond motifs is 3. The summed E-state index contributed by atoms with van der Waals surface area (Å²) in [6.45, 7) is 0. The highest BCUT2D eigenvalue weighted by molar-refractivity contribution is 6.05. The number of nitrogens with zero attached hydrogens (tertiary/aromatic N) is 3. The molecule has 0 spiro atoms. The molecule has 5 nitrogen and oxygen atoms in total. The Hall–Kier alpha value is -4.25. The summed E-state index contributed by atoms with van der Waals surface area (Å²) in [5, 5.41) is 11.7. The van der Waals surface area contributed by atoms with Gasteiger partial charge in [-0.05, 0) is 47.2 Å². The van der Waals surface area contributed by atoms with Crippen molar-refractivity contribution in [2.24, 2.45) is 0 Å². The number of aromatic nitrogens is 2. The molecule has 0 saturated heterocycles. The van der Waals surface area contributed by atoms with E-state index in [1.54, 1.807) is 24.1 Å². The molecule has 5 aromatic rings. The van der Waals surface area contributed by atoms with Crippen LogP contribution in [0.2, 0.25) is 0 Å². The first kappa shape index (κ1) is 21.6. The predicted molar refractivity (Wildman–Crippen MR) is 136 cm³/mol. The first-order valence-electron chi connectivity index (χ1n) is 11.4. The first-order valence-corrected chi connectivity index (χ1v) is 11.4. The second-order valence-electron chi connectivity index (χ2n) is 8.43. The fourth-order valence-electron chi connectivity index (χ4n) is 4.22. The molecule has 5 heteroatoms. The quantitative estimate of drug-likeness (QED) is 0.340. The molecule has 0 aliphatic heterocycles. The summed E-state index contributed by atoms with van der Waals surface area (Å²) in [5.41, 5.74) is 4.45. The summed E-state index contributed by atoms with van der Waals surface area (Å²) in [4.78, 5) is 24.7. The SMILES string of the molecule is CN(C(=O)CCc1ccccc1)c1nc2ccc3cc(O)ccc3c2nc1Cc1ccccc1. The maximum Gasteiger partial charge on any atom is 0.228 e. The fourth-order valence-corrected chi connectivity index (χ4v) is 4.22. The lowest BCUT2D eigenvalue weighted by atomic mass is 10.1. The minimum Gasteiger partial charge on any atom is -0.508 e. The van der Waals surface area contributed by atoms with Crippen molar-refractivity contribution in [3.63, 3.8) is 0 Å². The summed E-state index contributed by atoms with van der Waals surface area (Å²) < 4.78 is 0. The van der Waals surface area contributed by atoms with Gasteiger partial charge in [-0.25, -0.2) is 9.97 Å². The smallest absolute Gasteiger partial charge is 0.228 e. The lowest BCUT2D eigenvalue weighted by Crippen LogP contribution is -2.29. The van der Waals surface area contributed by atoms with E-state index in [1.807, 2.05) is 78.9 Å². The average molecular weight is 448 g/mol. The lowest BCUT2D eigenvalue weighted by molar-refractivity contribution is -0.118. The van der Waals surface area contributed by atoms with Crippen molar-refractivity contribution in [2.75, 3.05) is 11.9 Å². The van der Waals surface area contributed by atoms with Crippen molar-refractivity contribution in [1.82, 2.24) is 9.97 Å². The van der Waals surface area contributed by atoms with Crippen molar-refractivity contribution in [3.8, 4) is 5.75 Å². The van der Waals surface area contributed by atoms with Gasteiger partial charge in [0.15, 0.2) is 5.82 Å². The molecule has 1 N–H and O–H groups in total. The number of amides is 1. The number of hydrogen-bond donors (Lipinski definition) is 1. The topological polar surface area (TPSA) is 66.3 Å². The Morgan fingerprint density at radius 2 is 1.56 bits per heavy atom. The number of phenolic OH excluding ortho intramolecular Hbond substituents is 1. The van der Waals surface area contributed by atoms with Gasteiger partial charge in [-0.2, -0.15) is 0 Å². The number of phenols is 1. The van der Waals surface area contributed by atoms with E-state index in [1.165, 1.54) is 0 Å². The van der Waals surface area contributed by atoms with Crippen LogP contribution in [0.3, 0.4) is 0 Å². The second kappa shape index (κ2) is 9.32. The summed E-state index contributed by atoms with van der Waals surface area (Å²) in [5.74, 6) is 0.787. The largest absolute Gasteiger partial charge is 0.508 e. The molecule has 0 radical (unpaired) electrons. The van der Waals surface area contributed by atoms with Gasteiger partial charge in [-0.15, -0.1) is 0 Å². The van der Waals surface area contributed by atoms with Gasteiger partial charge in [-0.1, -0.05) is 66.7 Å². The Bertz CT molecular complexity index is 1470. The monoisotopic (exact) mass is 447 g/mol. The van der Waals surface area contributed by atoms with Gasteiger partial charge in [0.05, 0.1) is 16.7 Å². The van der Waals surface area contributed by atoms with Crippen LogP contribution in [0.1, 0.15) is 23.2 Å². The van der Waals surface area contributed by atoms with Crippen LogP contribution in [0, 0.1) is 0 Å². The zero-order valence-corrected chi connectivity index (χ0v) is 19.0. The van der Waals surface area contributed by atoms with Crippen LogP contribution in [-0.4, -0.2) is 28.0 Å². The summed E-state index contributed by atoms with van der Waals surface area (Å²) in [6, 6.07) is 29.1. The molecule has 34 heavy (non-hydrogen) atoms. The summed E-state index contributed by atoms with van der Waals surface area (Å²) in [7, 11) is 1.77. The maximum atomic E-state index is 13.1. The van der Waals surface area contributed by atoms with Crippen molar-refractivity contribution in [1.29, 1.82) is 0 Å². The molecule has 0 atom stereocenters. The van der Waals surface area contributed by atoms with Crippen LogP contribution in [0.15, 0.2) is 91.0 Å². The van der Waals surface area contributed by atoms with Crippen molar-refractivity contribution >= 4 is 33.5 Å². The number of carbonyl (C=O) groups is 1. The fraction of sp³-hybridized carbons (Fsp3) is 0.138. The zero-order valence-electron chi connectivity index (χ0n) is 19.0. The van der Waals surface area contributed by atoms with E-state index >= 15 is 0 Å². The highest BCUT2D eigenvalue weighted by Gasteiger charge is 2.20. The Kier molecular flexibility index (Phi) is 5.91. The third-order valence-corrected chi connectivity index (χ3v) is 6.06. The molecule has 4 aromatic carbocycles. The van der Waals surface area contributed by atoms with Gasteiger partial charge >= 0.3 is 0 Å². The molecular formula is C29H25N3O2. The van der Waals surface area contributed by atoms with Gasteiger partial charge in [-0.3, -0.25) is 9.69 Å². The van der Waals surface area contributed by atoms with Crippen LogP contribution < -0.4 is 4.90 Å². The van der Waals surface area contributed by atoms with E-state index in [0.717, 1.165) is 33.1 Å². The van der Waals surface area contributed by atoms with Crippen molar-refractivity contribution in [2.45, 2.75) is 19.3 Å². The second-order valence-corrected chi connectivity index (χ2v) is 8.43. The molecule has 5 rings (SSSR count). The molecular weight excluding hydrogens is 422 g/mol. The van der Waals surface area contributed by atoms with Crippen LogP contribution in [-0.2, 0) is 17.6 Å². The number of rotatable bonds is 6. The summed E-state index contributed by atoms with van der Waals surface area (Å²) >= 11 is 0. The number of hydrogen-bond acceptors (Lipinski definition) is 4. The minimum atomic E-state index is -0.00229. The van der Waals surface area contributed by atoms with Gasteiger partial charge < -0.3 is 5.11 Å². The minimum absolute atomic E-state index is 0.00229. The van der Waals surface area contributed by atoms with Crippen molar-refractivity contribution in [3.05, 3.63) is 108 Å². The molecule has 168 valence electrons. The number of aromatic hydroxyl groups is 1. The van der Waals surface area contributed by atoms with Gasteiger partial charge in [0.25, 0.3) is 0 Å². The molecule has 0 aliphatic rings. The van der Waals surface area contributed by atoms with E-state index < -0.39 is 0 Å². The number of benzene rings is 4. The molecule has 0 aliphatic carbocycles. The van der Waals surface area contributed by atoms with Crippen molar-refractivity contribution < 1.29 is 9.90 Å². The van der Waals surface area contributed by atoms with Crippen LogP contribution in [0.4, 0.5) is 5.82 Å². The Morgan fingerprint density at radius 3 is 2.29 bits per heavy atom. The van der Waals surface area contributed by atoms with Crippen LogP contribution in [0.5, 0.6) is 5.75 Å². The average Bonchev–Trinajstić information content (AvgIpc) is 2.87. The van der Waals surface area contributed by atoms with Gasteiger partial charge in [0, 0.05) is 25.3 Å². The molecule has 1 heterocycles. The lowest BCUT2D eigenvalue weighted by Gasteiger charge is -2.20. The summed E-state index contributed by atoms with van der Waals surface area (Å²) in [6.07, 6.45) is 1.62. The third-order valence-electron chi connectivity index (χ3n) is 6.06. The molecule has 0 unspecified atom stereocenters. The molecule has 0 bridgehead atoms. The first-order chi connectivity index (χ1) is 16.6. The van der Waals surface area contributed by atoms with E-state index in [0.29, 0.717) is 30.6 Å². The molecule has 1 aromatic heterocycles. The van der Waals surface area contributed by atoms with Crippen LogP contribution in [0.25, 0.3) is 21.8 Å². The van der Waals surface area contributed by atoms with Gasteiger partial charge in [0.2, 0.25) is 5.91 Å². The van der Waals surface area contributed by atoms with E-state index in [2.05, 4.69) is 0 Å². The number of aryl methyl sites for hydroxylation is 1. The van der Waals surface area contributed by atoms with E-state index in [4.69, 9.17) is 9.97 Å². The van der Waals surface area contributed by atoms with E-state index in [-0.39, 0.29) is 11.7 Å². The highest BCUT2D eigenvalue weighted by Crippen LogP contribution is 2.30. The normalized spacial score (nSPS) is 11.1. The highest BCUT2D eigenvalue weighted by atomic mass is 16.3. The standard InChI is InChI=1S/C29H25N3O2/c1-32(27(34)17-12-20-8-4-2-5-9-20)29-26(18-21-10-6-3-7-11-21)30-28-24-15-14-23(33)19-22(24)13-16-25(28)31-29/h2-11,13-16,19,33H,12,17-18H2,1H3. The van der Waals surface area contributed by atoms with Gasteiger partial charge in [0.1, 0.15) is 5.75 Å². The Labute approximate surface area is 198 Å². The number of anilines is 1. The predicted octanol–water partition coefficient (Wildman–Crippen LogP) is 5.68. The molecule has 1 amide bonds. The number of carbonyl (C=O) groups excluding carboxylic acids is 1. The van der Waals surface area contributed by atoms with Crippen LogP contribution >= 0.6 is 0 Å². The van der Waals surface area contributed by atoms with E-state index in [9.17, 15) is 9.90 Å². The Balaban J connectivity index is 1.55. The Morgan fingerprint density at radius 1 is 0.853 bits per heavy atom. The zero-order chi connectivity index (χ0) is 23.5.